The highest BCUT2D eigenvalue weighted by molar-refractivity contribution is 14.1. The maximum absolute atomic E-state index is 12.1. The fraction of sp³-hybridized carbons (Fsp3) is 0.462. The molecule has 2 heterocycles. The van der Waals surface area contributed by atoms with Gasteiger partial charge in [-0.1, -0.05) is 12.8 Å². The Hall–Kier alpha value is -0.760. The van der Waals surface area contributed by atoms with E-state index in [2.05, 4.69) is 37.5 Å². The second-order valence-electron chi connectivity index (χ2n) is 4.89. The van der Waals surface area contributed by atoms with Crippen molar-refractivity contribution in [2.45, 2.75) is 38.5 Å². The first-order valence-corrected chi connectivity index (χ1v) is 8.33. The molecule has 0 atom stereocenters. The number of H-pyrrole nitrogens is 1. The lowest BCUT2D eigenvalue weighted by Gasteiger charge is -2.11. The summed E-state index contributed by atoms with van der Waals surface area (Å²) in [5.74, 6) is 1.06. The highest BCUT2D eigenvalue weighted by atomic mass is 127. The lowest BCUT2D eigenvalue weighted by atomic mass is 10.0. The Kier molecular flexibility index (Phi) is 3.70. The van der Waals surface area contributed by atoms with Crippen LogP contribution in [0.3, 0.4) is 0 Å². The molecular weight excluding hydrogens is 373 g/mol. The van der Waals surface area contributed by atoms with E-state index in [1.54, 1.807) is 0 Å². The van der Waals surface area contributed by atoms with Gasteiger partial charge in [-0.3, -0.25) is 4.79 Å². The third-order valence-corrected chi connectivity index (χ3v) is 5.46. The standard InChI is InChI=1S/C13H14IN3OS/c1-7-6-19-13(15-7)11-16-10(8-4-2-3-5-8)9(14)12(18)17-11/h6,8H,2-5H2,1H3,(H,16,17,18). The second kappa shape index (κ2) is 5.32. The monoisotopic (exact) mass is 387 g/mol. The van der Waals surface area contributed by atoms with Gasteiger partial charge in [0, 0.05) is 17.0 Å². The molecule has 0 radical (unpaired) electrons. The minimum absolute atomic E-state index is 0.0413. The van der Waals surface area contributed by atoms with Crippen LogP contribution in [0.2, 0.25) is 0 Å². The number of aromatic nitrogens is 3. The van der Waals surface area contributed by atoms with Crippen LogP contribution >= 0.6 is 33.9 Å². The number of nitrogens with one attached hydrogen (secondary N) is 1. The Morgan fingerprint density at radius 2 is 2.11 bits per heavy atom. The Labute approximate surface area is 128 Å². The van der Waals surface area contributed by atoms with Gasteiger partial charge >= 0.3 is 0 Å². The number of hydrogen-bond donors (Lipinski definition) is 1. The molecule has 0 amide bonds. The van der Waals surface area contributed by atoms with Crippen LogP contribution in [0.4, 0.5) is 0 Å². The molecule has 0 aromatic carbocycles. The van der Waals surface area contributed by atoms with E-state index in [4.69, 9.17) is 0 Å². The van der Waals surface area contributed by atoms with Crippen molar-refractivity contribution < 1.29 is 0 Å². The molecule has 0 spiro atoms. The quantitative estimate of drug-likeness (QED) is 0.803. The zero-order valence-corrected chi connectivity index (χ0v) is 13.5. The van der Waals surface area contributed by atoms with E-state index in [9.17, 15) is 4.79 Å². The largest absolute Gasteiger partial charge is 0.304 e. The van der Waals surface area contributed by atoms with Crippen LogP contribution in [-0.2, 0) is 0 Å². The molecule has 1 aliphatic rings. The Morgan fingerprint density at radius 3 is 2.74 bits per heavy atom. The molecule has 1 fully saturated rings. The Morgan fingerprint density at radius 1 is 1.37 bits per heavy atom. The molecule has 2 aromatic rings. The van der Waals surface area contributed by atoms with Gasteiger partial charge in [0.15, 0.2) is 10.8 Å². The summed E-state index contributed by atoms with van der Waals surface area (Å²) in [7, 11) is 0. The van der Waals surface area contributed by atoms with E-state index >= 15 is 0 Å². The van der Waals surface area contributed by atoms with E-state index in [1.165, 1.54) is 24.2 Å². The van der Waals surface area contributed by atoms with Gasteiger partial charge in [0.05, 0.1) is 5.69 Å². The number of rotatable bonds is 2. The van der Waals surface area contributed by atoms with Gasteiger partial charge < -0.3 is 4.98 Å². The SMILES string of the molecule is Cc1csc(-c2nc(C3CCCC3)c(I)c(=O)[nH]2)n1. The van der Waals surface area contributed by atoms with Gasteiger partial charge in [-0.05, 0) is 42.4 Å². The molecular formula is C13H14IN3OS. The third-order valence-electron chi connectivity index (χ3n) is 3.45. The fourth-order valence-corrected chi connectivity index (χ4v) is 3.95. The van der Waals surface area contributed by atoms with Crippen molar-refractivity contribution in [3.05, 3.63) is 30.7 Å². The predicted octanol–water partition coefficient (Wildman–Crippen LogP) is 3.46. The van der Waals surface area contributed by atoms with Crippen LogP contribution in [0.15, 0.2) is 10.2 Å². The second-order valence-corrected chi connectivity index (χ2v) is 6.83. The van der Waals surface area contributed by atoms with Crippen molar-refractivity contribution in [1.29, 1.82) is 0 Å². The first-order chi connectivity index (χ1) is 9.15. The zero-order valence-electron chi connectivity index (χ0n) is 10.6. The summed E-state index contributed by atoms with van der Waals surface area (Å²) in [6, 6.07) is 0. The number of thiazole rings is 1. The molecule has 1 aliphatic carbocycles. The fourth-order valence-electron chi connectivity index (χ4n) is 2.51. The normalized spacial score (nSPS) is 16.1. The summed E-state index contributed by atoms with van der Waals surface area (Å²) in [5.41, 5.74) is 1.88. The molecule has 2 aromatic heterocycles. The van der Waals surface area contributed by atoms with E-state index in [0.29, 0.717) is 11.7 Å². The molecule has 0 bridgehead atoms. The summed E-state index contributed by atoms with van der Waals surface area (Å²) < 4.78 is 0.738. The summed E-state index contributed by atoms with van der Waals surface area (Å²) in [4.78, 5) is 24.0. The van der Waals surface area contributed by atoms with Gasteiger partial charge in [-0.2, -0.15) is 0 Å². The molecule has 6 heteroatoms. The highest BCUT2D eigenvalue weighted by Gasteiger charge is 2.23. The number of aryl methyl sites for hydroxylation is 1. The molecule has 4 nitrogen and oxygen atoms in total. The smallest absolute Gasteiger partial charge is 0.264 e. The summed E-state index contributed by atoms with van der Waals surface area (Å²) in [5, 5.41) is 2.77. The molecule has 1 N–H and O–H groups in total. The molecule has 0 aliphatic heterocycles. The van der Waals surface area contributed by atoms with Gasteiger partial charge in [-0.25, -0.2) is 9.97 Å². The van der Waals surface area contributed by atoms with Crippen LogP contribution in [0.25, 0.3) is 10.8 Å². The van der Waals surface area contributed by atoms with Crippen LogP contribution in [0.1, 0.15) is 43.0 Å². The topological polar surface area (TPSA) is 58.6 Å². The van der Waals surface area contributed by atoms with Crippen molar-refractivity contribution in [3.8, 4) is 10.8 Å². The summed E-state index contributed by atoms with van der Waals surface area (Å²) in [6.07, 6.45) is 4.76. The average molecular weight is 387 g/mol. The van der Waals surface area contributed by atoms with Crippen LogP contribution in [-0.4, -0.2) is 15.0 Å². The van der Waals surface area contributed by atoms with Gasteiger partial charge in [0.25, 0.3) is 5.56 Å². The number of hydrogen-bond acceptors (Lipinski definition) is 4. The van der Waals surface area contributed by atoms with E-state index < -0.39 is 0 Å². The molecule has 19 heavy (non-hydrogen) atoms. The molecule has 0 unspecified atom stereocenters. The van der Waals surface area contributed by atoms with E-state index in [1.807, 2.05) is 12.3 Å². The van der Waals surface area contributed by atoms with E-state index in [0.717, 1.165) is 32.8 Å². The number of aromatic amines is 1. The van der Waals surface area contributed by atoms with Crippen molar-refractivity contribution in [3.63, 3.8) is 0 Å². The lowest BCUT2D eigenvalue weighted by Crippen LogP contribution is -2.17. The lowest BCUT2D eigenvalue weighted by molar-refractivity contribution is 0.687. The van der Waals surface area contributed by atoms with E-state index in [-0.39, 0.29) is 5.56 Å². The highest BCUT2D eigenvalue weighted by Crippen LogP contribution is 2.35. The average Bonchev–Trinajstić information content (AvgIpc) is 3.03. The zero-order chi connectivity index (χ0) is 13.4. The Bertz CT molecular complexity index is 658. The van der Waals surface area contributed by atoms with Crippen molar-refractivity contribution in [2.75, 3.05) is 0 Å². The minimum atomic E-state index is -0.0413. The minimum Gasteiger partial charge on any atom is -0.304 e. The summed E-state index contributed by atoms with van der Waals surface area (Å²) in [6.45, 7) is 1.95. The number of nitrogens with zero attached hydrogens (tertiary/aromatic N) is 2. The maximum Gasteiger partial charge on any atom is 0.264 e. The maximum atomic E-state index is 12.1. The molecule has 100 valence electrons. The molecule has 0 saturated heterocycles. The van der Waals surface area contributed by atoms with Gasteiger partial charge in [0.1, 0.15) is 3.57 Å². The van der Waals surface area contributed by atoms with Crippen LogP contribution in [0.5, 0.6) is 0 Å². The predicted molar refractivity (Wildman–Crippen MR) is 84.6 cm³/mol. The molecule has 1 saturated carbocycles. The Balaban J connectivity index is 2.09. The van der Waals surface area contributed by atoms with Gasteiger partial charge in [0.2, 0.25) is 0 Å². The van der Waals surface area contributed by atoms with Crippen molar-refractivity contribution in [1.82, 2.24) is 15.0 Å². The van der Waals surface area contributed by atoms with Gasteiger partial charge in [-0.15, -0.1) is 11.3 Å². The number of halogens is 1. The van der Waals surface area contributed by atoms with Crippen LogP contribution < -0.4 is 5.56 Å². The van der Waals surface area contributed by atoms with Crippen LogP contribution in [0, 0.1) is 10.5 Å². The first-order valence-electron chi connectivity index (χ1n) is 6.37. The third kappa shape index (κ3) is 2.60. The summed E-state index contributed by atoms with van der Waals surface area (Å²) >= 11 is 3.63. The molecule has 3 rings (SSSR count). The van der Waals surface area contributed by atoms with Crippen molar-refractivity contribution >= 4 is 33.9 Å². The van der Waals surface area contributed by atoms with Crippen molar-refractivity contribution in [2.24, 2.45) is 0 Å². The first kappa shape index (κ1) is 13.2.